The minimum atomic E-state index is -1.34. The van der Waals surface area contributed by atoms with E-state index < -0.39 is 18.2 Å². The molecule has 0 aliphatic carbocycles. The third kappa shape index (κ3) is 0.746. The van der Waals surface area contributed by atoms with Gasteiger partial charge >= 0.3 is 6.03 Å². The molecule has 0 aromatic rings. The van der Waals surface area contributed by atoms with Crippen molar-refractivity contribution >= 4 is 11.9 Å². The number of nitrogens with zero attached hydrogens (tertiary/aromatic N) is 1. The summed E-state index contributed by atoms with van der Waals surface area (Å²) < 4.78 is 0. The van der Waals surface area contributed by atoms with Crippen LogP contribution in [0.4, 0.5) is 4.79 Å². The van der Waals surface area contributed by atoms with Crippen molar-refractivity contribution in [2.75, 3.05) is 7.05 Å². The second kappa shape index (κ2) is 1.70. The van der Waals surface area contributed by atoms with Gasteiger partial charge in [0.15, 0.2) is 0 Å². The Morgan fingerprint density at radius 2 is 2.22 bits per heavy atom. The van der Waals surface area contributed by atoms with E-state index in [9.17, 15) is 9.59 Å². The number of nitrogens with one attached hydrogen (secondary N) is 1. The molecule has 0 radical (unpaired) electrons. The van der Waals surface area contributed by atoms with Gasteiger partial charge in [-0.3, -0.25) is 9.69 Å². The summed E-state index contributed by atoms with van der Waals surface area (Å²) in [6.07, 6.45) is -1.34. The normalized spacial score (nSPS) is 26.9. The number of likely N-dealkylation sites (N-methyl/N-ethyl adjacent to an activating group) is 1. The summed E-state index contributed by atoms with van der Waals surface area (Å²) >= 11 is 0. The third-order valence-electron chi connectivity index (χ3n) is 1.13. The zero-order valence-electron chi connectivity index (χ0n) is 4.79. The molecule has 0 spiro atoms. The first kappa shape index (κ1) is 6.03. The fraction of sp³-hybridized carbons (Fsp3) is 0.500. The summed E-state index contributed by atoms with van der Waals surface area (Å²) in [7, 11) is 1.30. The predicted molar refractivity (Wildman–Crippen MR) is 27.3 cm³/mol. The van der Waals surface area contributed by atoms with Crippen molar-refractivity contribution in [3.05, 3.63) is 0 Å². The maximum absolute atomic E-state index is 10.5. The fourth-order valence-corrected chi connectivity index (χ4v) is 0.559. The van der Waals surface area contributed by atoms with Crippen LogP contribution < -0.4 is 5.32 Å². The molecule has 9 heavy (non-hydrogen) atoms. The molecule has 1 aliphatic rings. The van der Waals surface area contributed by atoms with Crippen LogP contribution in [0.5, 0.6) is 0 Å². The maximum Gasteiger partial charge on any atom is 0.326 e. The van der Waals surface area contributed by atoms with E-state index in [0.29, 0.717) is 0 Å². The van der Waals surface area contributed by atoms with E-state index in [1.54, 1.807) is 0 Å². The van der Waals surface area contributed by atoms with E-state index in [0.717, 1.165) is 4.90 Å². The lowest BCUT2D eigenvalue weighted by Gasteiger charge is -1.99. The number of imide groups is 1. The molecule has 1 saturated heterocycles. The summed E-state index contributed by atoms with van der Waals surface area (Å²) in [5.74, 6) is -0.611. The quantitative estimate of drug-likeness (QED) is 0.391. The number of amides is 3. The van der Waals surface area contributed by atoms with Crippen LogP contribution in [0.1, 0.15) is 0 Å². The van der Waals surface area contributed by atoms with Crippen molar-refractivity contribution in [1.82, 2.24) is 10.2 Å². The van der Waals surface area contributed by atoms with Gasteiger partial charge < -0.3 is 10.4 Å². The van der Waals surface area contributed by atoms with Crippen LogP contribution >= 0.6 is 0 Å². The lowest BCUT2D eigenvalue weighted by Crippen LogP contribution is -2.27. The van der Waals surface area contributed by atoms with Gasteiger partial charge in [0.25, 0.3) is 5.91 Å². The Balaban J connectivity index is 2.77. The SMILES string of the molecule is CN1C(=O)NC(O)C1=O. The number of carbonyl (C=O) groups is 2. The van der Waals surface area contributed by atoms with Gasteiger partial charge in [-0.2, -0.15) is 0 Å². The second-order valence-electron chi connectivity index (χ2n) is 1.75. The Morgan fingerprint density at radius 3 is 2.33 bits per heavy atom. The van der Waals surface area contributed by atoms with E-state index in [1.165, 1.54) is 7.05 Å². The molecule has 0 aromatic heterocycles. The number of aliphatic hydroxyl groups excluding tert-OH is 1. The molecule has 1 aliphatic heterocycles. The Morgan fingerprint density at radius 1 is 1.67 bits per heavy atom. The monoisotopic (exact) mass is 130 g/mol. The van der Waals surface area contributed by atoms with Gasteiger partial charge in [0, 0.05) is 7.05 Å². The highest BCUT2D eigenvalue weighted by Gasteiger charge is 2.33. The van der Waals surface area contributed by atoms with Gasteiger partial charge in [-0.25, -0.2) is 4.79 Å². The Labute approximate surface area is 51.3 Å². The summed E-state index contributed by atoms with van der Waals surface area (Å²) in [5, 5.41) is 10.6. The van der Waals surface area contributed by atoms with Crippen LogP contribution in [0.15, 0.2) is 0 Å². The molecular weight excluding hydrogens is 124 g/mol. The van der Waals surface area contributed by atoms with Crippen LogP contribution in [0.3, 0.4) is 0 Å². The molecule has 5 heteroatoms. The van der Waals surface area contributed by atoms with Gasteiger partial charge in [-0.15, -0.1) is 0 Å². The maximum atomic E-state index is 10.5. The highest BCUT2D eigenvalue weighted by molar-refractivity contribution is 6.02. The van der Waals surface area contributed by atoms with E-state index in [4.69, 9.17) is 5.11 Å². The molecule has 1 atom stereocenters. The molecule has 3 amide bonds. The summed E-state index contributed by atoms with van der Waals surface area (Å²) in [5.41, 5.74) is 0. The van der Waals surface area contributed by atoms with E-state index in [-0.39, 0.29) is 0 Å². The van der Waals surface area contributed by atoms with Gasteiger partial charge in [-0.1, -0.05) is 0 Å². The number of hydrogen-bond acceptors (Lipinski definition) is 3. The molecule has 0 aromatic carbocycles. The van der Waals surface area contributed by atoms with Crippen molar-refractivity contribution < 1.29 is 14.7 Å². The summed E-state index contributed by atoms with van der Waals surface area (Å²) in [6.45, 7) is 0. The van der Waals surface area contributed by atoms with Gasteiger partial charge in [0.2, 0.25) is 6.23 Å². The molecule has 50 valence electrons. The molecule has 1 fully saturated rings. The molecular formula is C4H6N2O3. The van der Waals surface area contributed by atoms with E-state index in [2.05, 4.69) is 0 Å². The average Bonchev–Trinajstić information content (AvgIpc) is 1.98. The molecule has 1 rings (SSSR count). The van der Waals surface area contributed by atoms with Crippen molar-refractivity contribution in [2.24, 2.45) is 0 Å². The first-order valence-corrected chi connectivity index (χ1v) is 2.39. The fourth-order valence-electron chi connectivity index (χ4n) is 0.559. The van der Waals surface area contributed by atoms with Gasteiger partial charge in [0.1, 0.15) is 0 Å². The standard InChI is InChI=1S/C4H6N2O3/c1-6-3(8)2(7)5-4(6)9/h2,7H,1H3,(H,5,9). The number of hydrogen-bond donors (Lipinski definition) is 2. The van der Waals surface area contributed by atoms with Gasteiger partial charge in [0.05, 0.1) is 0 Å². The molecule has 0 bridgehead atoms. The van der Waals surface area contributed by atoms with E-state index >= 15 is 0 Å². The lowest BCUT2D eigenvalue weighted by molar-refractivity contribution is -0.132. The van der Waals surface area contributed by atoms with Crippen molar-refractivity contribution in [2.45, 2.75) is 6.23 Å². The molecule has 1 unspecified atom stereocenters. The van der Waals surface area contributed by atoms with Crippen molar-refractivity contribution in [3.8, 4) is 0 Å². The van der Waals surface area contributed by atoms with Crippen molar-refractivity contribution in [3.63, 3.8) is 0 Å². The first-order chi connectivity index (χ1) is 4.13. The number of rotatable bonds is 0. The highest BCUT2D eigenvalue weighted by atomic mass is 16.3. The minimum Gasteiger partial charge on any atom is -0.365 e. The minimum absolute atomic E-state index is 0.562. The number of aliphatic hydroxyl groups is 1. The van der Waals surface area contributed by atoms with Crippen LogP contribution in [0.25, 0.3) is 0 Å². The second-order valence-corrected chi connectivity index (χ2v) is 1.75. The average molecular weight is 130 g/mol. The van der Waals surface area contributed by atoms with Crippen LogP contribution in [-0.2, 0) is 4.79 Å². The Hall–Kier alpha value is -1.10. The predicted octanol–water partition coefficient (Wildman–Crippen LogP) is -1.51. The smallest absolute Gasteiger partial charge is 0.326 e. The Kier molecular flexibility index (Phi) is 1.14. The topological polar surface area (TPSA) is 69.6 Å². The van der Waals surface area contributed by atoms with Gasteiger partial charge in [-0.05, 0) is 0 Å². The highest BCUT2D eigenvalue weighted by Crippen LogP contribution is 1.98. The lowest BCUT2D eigenvalue weighted by atomic mass is 10.5. The third-order valence-corrected chi connectivity index (χ3v) is 1.13. The Bertz CT molecular complexity index is 167. The largest absolute Gasteiger partial charge is 0.365 e. The number of carbonyl (C=O) groups excluding carboxylic acids is 2. The zero-order chi connectivity index (χ0) is 7.02. The molecule has 0 saturated carbocycles. The van der Waals surface area contributed by atoms with Crippen molar-refractivity contribution in [1.29, 1.82) is 0 Å². The first-order valence-electron chi connectivity index (χ1n) is 2.39. The summed E-state index contributed by atoms with van der Waals surface area (Å²) in [4.78, 5) is 21.8. The molecule has 1 heterocycles. The molecule has 5 nitrogen and oxygen atoms in total. The van der Waals surface area contributed by atoms with E-state index in [1.807, 2.05) is 5.32 Å². The summed E-state index contributed by atoms with van der Waals surface area (Å²) in [6, 6.07) is -0.562. The molecule has 2 N–H and O–H groups in total. The number of urea groups is 1. The van der Waals surface area contributed by atoms with Crippen LogP contribution in [-0.4, -0.2) is 35.2 Å². The van der Waals surface area contributed by atoms with Crippen LogP contribution in [0, 0.1) is 0 Å². The zero-order valence-corrected chi connectivity index (χ0v) is 4.79. The van der Waals surface area contributed by atoms with Crippen LogP contribution in [0.2, 0.25) is 0 Å².